The Morgan fingerprint density at radius 3 is 2.95 bits per heavy atom. The Hall–Kier alpha value is -1.38. The number of carbonyl (C=O) groups is 1. The van der Waals surface area contributed by atoms with E-state index < -0.39 is 0 Å². The van der Waals surface area contributed by atoms with Crippen molar-refractivity contribution in [3.63, 3.8) is 0 Å². The van der Waals surface area contributed by atoms with Crippen LogP contribution < -0.4 is 10.6 Å². The van der Waals surface area contributed by atoms with Crippen molar-refractivity contribution in [2.75, 3.05) is 17.2 Å². The van der Waals surface area contributed by atoms with Gasteiger partial charge in [0.25, 0.3) is 0 Å². The van der Waals surface area contributed by atoms with Crippen LogP contribution in [0.15, 0.2) is 22.7 Å². The normalized spacial score (nSPS) is 12.0. The number of hydrogen-bond donors (Lipinski definition) is 2. The van der Waals surface area contributed by atoms with E-state index in [1.807, 2.05) is 6.92 Å². The molecule has 2 N–H and O–H groups in total. The van der Waals surface area contributed by atoms with E-state index in [9.17, 15) is 4.79 Å². The molecular formula is C13H16ClN5OS2. The fourth-order valence-corrected chi connectivity index (χ4v) is 3.48. The summed E-state index contributed by atoms with van der Waals surface area (Å²) in [5, 5.41) is 15.0. The molecule has 0 aromatic carbocycles. The third kappa shape index (κ3) is 5.11. The first-order chi connectivity index (χ1) is 10.6. The van der Waals surface area contributed by atoms with E-state index in [1.165, 1.54) is 29.3 Å². The number of aromatic nitrogens is 3. The van der Waals surface area contributed by atoms with Crippen molar-refractivity contribution < 1.29 is 4.79 Å². The van der Waals surface area contributed by atoms with Crippen LogP contribution in [-0.2, 0) is 4.79 Å². The van der Waals surface area contributed by atoms with E-state index >= 15 is 0 Å². The van der Waals surface area contributed by atoms with Gasteiger partial charge in [-0.1, -0.05) is 41.6 Å². The molecule has 0 saturated carbocycles. The van der Waals surface area contributed by atoms with Gasteiger partial charge in [0.05, 0.1) is 10.3 Å². The van der Waals surface area contributed by atoms with Gasteiger partial charge in [0.1, 0.15) is 5.82 Å². The number of hydrogen-bond acceptors (Lipinski definition) is 7. The molecule has 6 nitrogen and oxygen atoms in total. The van der Waals surface area contributed by atoms with E-state index in [-0.39, 0.29) is 11.2 Å². The molecule has 2 heterocycles. The third-order valence-electron chi connectivity index (χ3n) is 2.56. The summed E-state index contributed by atoms with van der Waals surface area (Å²) in [6.07, 6.45) is 2.51. The fourth-order valence-electron chi connectivity index (χ4n) is 1.44. The lowest BCUT2D eigenvalue weighted by molar-refractivity contribution is -0.115. The molecule has 1 atom stereocenters. The number of pyridine rings is 1. The van der Waals surface area contributed by atoms with E-state index in [2.05, 4.69) is 32.7 Å². The zero-order chi connectivity index (χ0) is 15.9. The minimum atomic E-state index is -0.301. The maximum Gasteiger partial charge on any atom is 0.238 e. The maximum atomic E-state index is 12.1. The lowest BCUT2D eigenvalue weighted by Gasteiger charge is -2.09. The quantitative estimate of drug-likeness (QED) is 0.738. The first-order valence-electron chi connectivity index (χ1n) is 6.75. The average Bonchev–Trinajstić information content (AvgIpc) is 2.95. The molecule has 2 aromatic rings. The van der Waals surface area contributed by atoms with E-state index in [0.717, 1.165) is 22.4 Å². The minimum absolute atomic E-state index is 0.141. The lowest BCUT2D eigenvalue weighted by Crippen LogP contribution is -2.22. The standard InChI is InChI=1S/C13H16ClN5OS2/c1-3-6-15-12-18-19-13(22-12)21-8(2)11(20)17-10-5-4-9(14)7-16-10/h4-5,7-8H,3,6H2,1-2H3,(H,15,18)(H,16,17,20)/t8-/m1/s1. The molecule has 0 aliphatic heterocycles. The van der Waals surface area contributed by atoms with Crippen molar-refractivity contribution in [3.05, 3.63) is 23.4 Å². The van der Waals surface area contributed by atoms with Crippen molar-refractivity contribution in [1.82, 2.24) is 15.2 Å². The van der Waals surface area contributed by atoms with Gasteiger partial charge in [0, 0.05) is 12.7 Å². The summed E-state index contributed by atoms with van der Waals surface area (Å²) in [6, 6.07) is 3.34. The maximum absolute atomic E-state index is 12.1. The number of carbonyl (C=O) groups excluding carboxylic acids is 1. The molecule has 0 aliphatic carbocycles. The first kappa shape index (κ1) is 17.0. The van der Waals surface area contributed by atoms with Crippen LogP contribution in [0.25, 0.3) is 0 Å². The zero-order valence-corrected chi connectivity index (χ0v) is 14.6. The predicted octanol–water partition coefficient (Wildman–Crippen LogP) is 3.53. The Morgan fingerprint density at radius 2 is 2.27 bits per heavy atom. The monoisotopic (exact) mass is 357 g/mol. The molecule has 0 fully saturated rings. The number of halogens is 1. The number of rotatable bonds is 7. The number of amides is 1. The van der Waals surface area contributed by atoms with Gasteiger partial charge in [0.2, 0.25) is 11.0 Å². The van der Waals surface area contributed by atoms with Crippen LogP contribution >= 0.6 is 34.7 Å². The Balaban J connectivity index is 1.87. The topological polar surface area (TPSA) is 79.8 Å². The molecule has 0 aliphatic rings. The first-order valence-corrected chi connectivity index (χ1v) is 8.82. The molecule has 0 saturated heterocycles. The highest BCUT2D eigenvalue weighted by molar-refractivity contribution is 8.02. The predicted molar refractivity (Wildman–Crippen MR) is 91.9 cm³/mol. The molecule has 0 bridgehead atoms. The molecular weight excluding hydrogens is 342 g/mol. The van der Waals surface area contributed by atoms with Crippen LogP contribution in [0.3, 0.4) is 0 Å². The summed E-state index contributed by atoms with van der Waals surface area (Å²) in [4.78, 5) is 16.2. The summed E-state index contributed by atoms with van der Waals surface area (Å²) < 4.78 is 0.755. The van der Waals surface area contributed by atoms with E-state index in [1.54, 1.807) is 12.1 Å². The molecule has 118 valence electrons. The zero-order valence-electron chi connectivity index (χ0n) is 12.2. The molecule has 2 rings (SSSR count). The van der Waals surface area contributed by atoms with Gasteiger partial charge in [-0.05, 0) is 25.5 Å². The number of thioether (sulfide) groups is 1. The van der Waals surface area contributed by atoms with Crippen molar-refractivity contribution in [3.8, 4) is 0 Å². The van der Waals surface area contributed by atoms with Crippen molar-refractivity contribution in [2.45, 2.75) is 29.9 Å². The van der Waals surface area contributed by atoms with Crippen LogP contribution in [0, 0.1) is 0 Å². The van der Waals surface area contributed by atoms with Crippen molar-refractivity contribution in [2.24, 2.45) is 0 Å². The fraction of sp³-hybridized carbons (Fsp3) is 0.385. The summed E-state index contributed by atoms with van der Waals surface area (Å²) >= 11 is 8.57. The molecule has 0 spiro atoms. The lowest BCUT2D eigenvalue weighted by atomic mass is 10.4. The van der Waals surface area contributed by atoms with Crippen LogP contribution in [0.2, 0.25) is 5.02 Å². The third-order valence-corrected chi connectivity index (χ3v) is 4.85. The van der Waals surface area contributed by atoms with Crippen LogP contribution in [-0.4, -0.2) is 32.9 Å². The van der Waals surface area contributed by atoms with Gasteiger partial charge in [-0.3, -0.25) is 4.79 Å². The molecule has 0 unspecified atom stereocenters. The highest BCUT2D eigenvalue weighted by Crippen LogP contribution is 2.29. The highest BCUT2D eigenvalue weighted by Gasteiger charge is 2.17. The van der Waals surface area contributed by atoms with E-state index in [0.29, 0.717) is 10.8 Å². The van der Waals surface area contributed by atoms with Crippen LogP contribution in [0.4, 0.5) is 10.9 Å². The van der Waals surface area contributed by atoms with Gasteiger partial charge in [-0.2, -0.15) is 0 Å². The van der Waals surface area contributed by atoms with E-state index in [4.69, 9.17) is 11.6 Å². The Kier molecular flexibility index (Phi) is 6.41. The van der Waals surface area contributed by atoms with Gasteiger partial charge < -0.3 is 10.6 Å². The summed E-state index contributed by atoms with van der Waals surface area (Å²) in [5.74, 6) is 0.336. The van der Waals surface area contributed by atoms with Gasteiger partial charge in [-0.25, -0.2) is 4.98 Å². The van der Waals surface area contributed by atoms with Crippen molar-refractivity contribution >= 4 is 51.6 Å². The van der Waals surface area contributed by atoms with Crippen LogP contribution in [0.5, 0.6) is 0 Å². The van der Waals surface area contributed by atoms with Crippen molar-refractivity contribution in [1.29, 1.82) is 0 Å². The smallest absolute Gasteiger partial charge is 0.238 e. The summed E-state index contributed by atoms with van der Waals surface area (Å²) in [6.45, 7) is 4.76. The molecule has 9 heteroatoms. The second-order valence-corrected chi connectivity index (χ2v) is 7.41. The molecule has 1 amide bonds. The second kappa shape index (κ2) is 8.30. The number of nitrogens with one attached hydrogen (secondary N) is 2. The van der Waals surface area contributed by atoms with Gasteiger partial charge in [-0.15, -0.1) is 10.2 Å². The minimum Gasteiger partial charge on any atom is -0.360 e. The van der Waals surface area contributed by atoms with Gasteiger partial charge >= 0.3 is 0 Å². The highest BCUT2D eigenvalue weighted by atomic mass is 35.5. The average molecular weight is 358 g/mol. The Labute approximate surface area is 142 Å². The molecule has 0 radical (unpaired) electrons. The van der Waals surface area contributed by atoms with Gasteiger partial charge in [0.15, 0.2) is 4.34 Å². The van der Waals surface area contributed by atoms with Crippen LogP contribution in [0.1, 0.15) is 20.3 Å². The molecule has 22 heavy (non-hydrogen) atoms. The molecule has 2 aromatic heterocycles. The second-order valence-electron chi connectivity index (χ2n) is 4.41. The number of nitrogens with zero attached hydrogens (tertiary/aromatic N) is 3. The SMILES string of the molecule is CCCNc1nnc(S[C@H](C)C(=O)Nc2ccc(Cl)cn2)s1. The summed E-state index contributed by atoms with van der Waals surface area (Å²) in [7, 11) is 0. The number of anilines is 2. The largest absolute Gasteiger partial charge is 0.360 e. The Bertz CT molecular complexity index is 619. The Morgan fingerprint density at radius 1 is 1.45 bits per heavy atom. The summed E-state index contributed by atoms with van der Waals surface area (Å²) in [5.41, 5.74) is 0.